The molecule has 0 aromatic heterocycles. The zero-order valence-corrected chi connectivity index (χ0v) is 16.4. The fraction of sp³-hybridized carbons (Fsp3) is 0.409. The maximum Gasteiger partial charge on any atom is 0.261 e. The van der Waals surface area contributed by atoms with E-state index in [4.69, 9.17) is 14.2 Å². The van der Waals surface area contributed by atoms with Gasteiger partial charge in [0, 0.05) is 0 Å². The highest BCUT2D eigenvalue weighted by Crippen LogP contribution is 2.32. The normalized spacial score (nSPS) is 15.0. The van der Waals surface area contributed by atoms with Gasteiger partial charge in [-0.3, -0.25) is 4.79 Å². The van der Waals surface area contributed by atoms with Crippen LogP contribution in [-0.2, 0) is 4.79 Å². The topological polar surface area (TPSA) is 56.8 Å². The van der Waals surface area contributed by atoms with E-state index in [1.54, 1.807) is 0 Å². The van der Waals surface area contributed by atoms with Crippen LogP contribution in [0.3, 0.4) is 0 Å². The van der Waals surface area contributed by atoms with Gasteiger partial charge in [-0.15, -0.1) is 0 Å². The number of hydrogen-bond acceptors (Lipinski definition) is 4. The van der Waals surface area contributed by atoms with Crippen LogP contribution in [0, 0.1) is 13.8 Å². The molecule has 5 nitrogen and oxygen atoms in total. The van der Waals surface area contributed by atoms with Crippen LogP contribution in [0.15, 0.2) is 36.4 Å². The van der Waals surface area contributed by atoms with Crippen molar-refractivity contribution in [2.45, 2.75) is 46.3 Å². The first-order valence-corrected chi connectivity index (χ1v) is 9.41. The lowest BCUT2D eigenvalue weighted by Crippen LogP contribution is -2.39. The second-order valence-electron chi connectivity index (χ2n) is 6.92. The number of aryl methyl sites for hydroxylation is 2. The van der Waals surface area contributed by atoms with Gasteiger partial charge in [-0.25, -0.2) is 0 Å². The lowest BCUT2D eigenvalue weighted by Gasteiger charge is -2.23. The third-order valence-electron chi connectivity index (χ3n) is 4.69. The first-order valence-electron chi connectivity index (χ1n) is 9.41. The van der Waals surface area contributed by atoms with Crippen molar-refractivity contribution in [2.75, 3.05) is 13.2 Å². The van der Waals surface area contributed by atoms with Crippen LogP contribution in [0.5, 0.6) is 17.2 Å². The number of rotatable bonds is 6. The molecule has 0 saturated carbocycles. The molecule has 0 aliphatic carbocycles. The number of carbonyl (C=O) groups excluding carboxylic acids is 1. The van der Waals surface area contributed by atoms with E-state index in [1.165, 1.54) is 5.56 Å². The predicted octanol–water partition coefficient (Wildman–Crippen LogP) is 4.11. The Bertz CT molecular complexity index is 818. The summed E-state index contributed by atoms with van der Waals surface area (Å²) < 4.78 is 17.2. The van der Waals surface area contributed by atoms with E-state index in [2.05, 4.69) is 11.4 Å². The fourth-order valence-electron chi connectivity index (χ4n) is 3.13. The summed E-state index contributed by atoms with van der Waals surface area (Å²) in [6.45, 7) is 9.03. The Hall–Kier alpha value is -2.69. The van der Waals surface area contributed by atoms with Gasteiger partial charge >= 0.3 is 0 Å². The van der Waals surface area contributed by atoms with Crippen molar-refractivity contribution in [2.24, 2.45) is 0 Å². The Morgan fingerprint density at radius 3 is 2.56 bits per heavy atom. The van der Waals surface area contributed by atoms with Gasteiger partial charge in [0.25, 0.3) is 5.91 Å². The van der Waals surface area contributed by atoms with Crippen molar-refractivity contribution < 1.29 is 19.0 Å². The molecule has 1 aliphatic rings. The van der Waals surface area contributed by atoms with Gasteiger partial charge in [0.1, 0.15) is 19.0 Å². The van der Waals surface area contributed by atoms with E-state index in [0.717, 1.165) is 28.4 Å². The molecule has 1 heterocycles. The van der Waals surface area contributed by atoms with Gasteiger partial charge < -0.3 is 19.5 Å². The second kappa shape index (κ2) is 8.33. The first-order chi connectivity index (χ1) is 13.0. The standard InChI is InChI=1S/C22H27NO4/c1-5-18(27-19-8-6-14(2)12-15(19)3)22(24)23-16(4)17-7-9-20-21(13-17)26-11-10-25-20/h6-9,12-13,16,18H,5,10-11H2,1-4H3,(H,23,24)/t16-,18-/m1/s1. The number of ether oxygens (including phenoxy) is 3. The van der Waals surface area contributed by atoms with E-state index in [-0.39, 0.29) is 11.9 Å². The van der Waals surface area contributed by atoms with Gasteiger partial charge in [-0.1, -0.05) is 30.7 Å². The number of benzene rings is 2. The summed E-state index contributed by atoms with van der Waals surface area (Å²) in [7, 11) is 0. The molecule has 144 valence electrons. The Kier molecular flexibility index (Phi) is 5.89. The van der Waals surface area contributed by atoms with Gasteiger partial charge in [0.05, 0.1) is 6.04 Å². The quantitative estimate of drug-likeness (QED) is 0.833. The molecule has 1 N–H and O–H groups in total. The Morgan fingerprint density at radius 1 is 1.11 bits per heavy atom. The molecule has 2 aromatic carbocycles. The summed E-state index contributed by atoms with van der Waals surface area (Å²) in [6.07, 6.45) is 0.0542. The maximum absolute atomic E-state index is 12.7. The van der Waals surface area contributed by atoms with E-state index >= 15 is 0 Å². The van der Waals surface area contributed by atoms with Crippen LogP contribution in [0.2, 0.25) is 0 Å². The average molecular weight is 369 g/mol. The van der Waals surface area contributed by atoms with Gasteiger partial charge in [-0.2, -0.15) is 0 Å². The number of amides is 1. The minimum Gasteiger partial charge on any atom is -0.486 e. The summed E-state index contributed by atoms with van der Waals surface area (Å²) in [5.41, 5.74) is 3.17. The van der Waals surface area contributed by atoms with E-state index < -0.39 is 6.10 Å². The molecule has 0 radical (unpaired) electrons. The van der Waals surface area contributed by atoms with Crippen LogP contribution < -0.4 is 19.5 Å². The highest BCUT2D eigenvalue weighted by molar-refractivity contribution is 5.81. The zero-order chi connectivity index (χ0) is 19.4. The average Bonchev–Trinajstić information content (AvgIpc) is 2.66. The summed E-state index contributed by atoms with van der Waals surface area (Å²) >= 11 is 0. The number of fused-ring (bicyclic) bond motifs is 1. The fourth-order valence-corrected chi connectivity index (χ4v) is 3.13. The molecule has 27 heavy (non-hydrogen) atoms. The molecule has 0 fully saturated rings. The number of hydrogen-bond donors (Lipinski definition) is 1. The molecule has 3 rings (SSSR count). The van der Waals surface area contributed by atoms with Crippen LogP contribution in [0.4, 0.5) is 0 Å². The molecular weight excluding hydrogens is 342 g/mol. The van der Waals surface area contributed by atoms with Gasteiger partial charge in [-0.05, 0) is 56.5 Å². The van der Waals surface area contributed by atoms with Crippen molar-refractivity contribution in [3.63, 3.8) is 0 Å². The highest BCUT2D eigenvalue weighted by Gasteiger charge is 2.22. The minimum atomic E-state index is -0.536. The molecule has 2 atom stereocenters. The number of nitrogens with one attached hydrogen (secondary N) is 1. The Morgan fingerprint density at radius 2 is 1.85 bits per heavy atom. The molecular formula is C22H27NO4. The van der Waals surface area contributed by atoms with E-state index in [0.29, 0.717) is 19.6 Å². The zero-order valence-electron chi connectivity index (χ0n) is 16.4. The SMILES string of the molecule is CC[C@@H](Oc1ccc(C)cc1C)C(=O)N[C@H](C)c1ccc2c(c1)OCCO2. The maximum atomic E-state index is 12.7. The largest absolute Gasteiger partial charge is 0.486 e. The van der Waals surface area contributed by atoms with Crippen molar-refractivity contribution in [1.29, 1.82) is 0 Å². The Balaban J connectivity index is 1.67. The highest BCUT2D eigenvalue weighted by atomic mass is 16.6. The van der Waals surface area contributed by atoms with Crippen molar-refractivity contribution in [3.8, 4) is 17.2 Å². The summed E-state index contributed by atoms with van der Waals surface area (Å²) in [4.78, 5) is 12.7. The summed E-state index contributed by atoms with van der Waals surface area (Å²) in [6, 6.07) is 11.6. The minimum absolute atomic E-state index is 0.125. The Labute approximate surface area is 160 Å². The third kappa shape index (κ3) is 4.54. The van der Waals surface area contributed by atoms with Gasteiger partial charge in [0.2, 0.25) is 0 Å². The molecule has 0 spiro atoms. The van der Waals surface area contributed by atoms with Crippen molar-refractivity contribution >= 4 is 5.91 Å². The number of carbonyl (C=O) groups is 1. The van der Waals surface area contributed by atoms with Crippen LogP contribution in [-0.4, -0.2) is 25.2 Å². The van der Waals surface area contributed by atoms with Crippen molar-refractivity contribution in [3.05, 3.63) is 53.1 Å². The molecule has 2 aromatic rings. The monoisotopic (exact) mass is 369 g/mol. The van der Waals surface area contributed by atoms with Crippen molar-refractivity contribution in [1.82, 2.24) is 5.32 Å². The lowest BCUT2D eigenvalue weighted by atomic mass is 10.1. The molecule has 0 bridgehead atoms. The lowest BCUT2D eigenvalue weighted by molar-refractivity contribution is -0.128. The smallest absolute Gasteiger partial charge is 0.261 e. The van der Waals surface area contributed by atoms with Crippen LogP contribution in [0.1, 0.15) is 43.0 Å². The van der Waals surface area contributed by atoms with Crippen LogP contribution in [0.25, 0.3) is 0 Å². The molecule has 5 heteroatoms. The first kappa shape index (κ1) is 19.1. The molecule has 1 aliphatic heterocycles. The second-order valence-corrected chi connectivity index (χ2v) is 6.92. The van der Waals surface area contributed by atoms with E-state index in [9.17, 15) is 4.79 Å². The molecule has 0 unspecified atom stereocenters. The van der Waals surface area contributed by atoms with E-state index in [1.807, 2.05) is 58.0 Å². The van der Waals surface area contributed by atoms with Gasteiger partial charge in [0.15, 0.2) is 17.6 Å². The summed E-state index contributed by atoms with van der Waals surface area (Å²) in [5, 5.41) is 3.04. The third-order valence-corrected chi connectivity index (χ3v) is 4.69. The molecule has 0 saturated heterocycles. The molecule has 1 amide bonds. The van der Waals surface area contributed by atoms with Crippen LogP contribution >= 0.6 is 0 Å². The predicted molar refractivity (Wildman–Crippen MR) is 105 cm³/mol. The summed E-state index contributed by atoms with van der Waals surface area (Å²) in [5.74, 6) is 2.08.